The van der Waals surface area contributed by atoms with E-state index in [1.807, 2.05) is 19.0 Å². The molecule has 0 atom stereocenters. The number of rotatable bonds is 9. The molecule has 0 fully saturated rings. The van der Waals surface area contributed by atoms with Crippen LogP contribution in [0.25, 0.3) is 0 Å². The molecule has 0 aliphatic rings. The Kier molecular flexibility index (Phi) is 6.84. The van der Waals surface area contributed by atoms with E-state index in [4.69, 9.17) is 15.2 Å². The van der Waals surface area contributed by atoms with Crippen LogP contribution in [-0.4, -0.2) is 47.7 Å². The number of anilines is 1. The molecular weight excluding hydrogens is 354 g/mol. The molecule has 2 aromatic carbocycles. The smallest absolute Gasteiger partial charge is 0.240 e. The molecule has 0 heterocycles. The van der Waals surface area contributed by atoms with Crippen LogP contribution >= 0.6 is 0 Å². The van der Waals surface area contributed by atoms with Crippen molar-refractivity contribution in [2.45, 2.75) is 11.4 Å². The highest BCUT2D eigenvalue weighted by Gasteiger charge is 2.16. The van der Waals surface area contributed by atoms with Crippen molar-refractivity contribution in [3.05, 3.63) is 48.0 Å². The summed E-state index contributed by atoms with van der Waals surface area (Å²) in [6, 6.07) is 11.4. The predicted octanol–water partition coefficient (Wildman–Crippen LogP) is 1.70. The number of methoxy groups -OCH3 is 1. The van der Waals surface area contributed by atoms with E-state index in [1.165, 1.54) is 12.1 Å². The second-order valence-electron chi connectivity index (χ2n) is 5.99. The summed E-state index contributed by atoms with van der Waals surface area (Å²) < 4.78 is 38.7. The molecule has 7 nitrogen and oxygen atoms in total. The highest BCUT2D eigenvalue weighted by Crippen LogP contribution is 2.31. The van der Waals surface area contributed by atoms with Crippen molar-refractivity contribution in [2.75, 3.05) is 40.1 Å². The van der Waals surface area contributed by atoms with Crippen molar-refractivity contribution in [1.29, 1.82) is 0 Å². The number of hydrogen-bond donors (Lipinski definition) is 2. The van der Waals surface area contributed by atoms with Crippen molar-refractivity contribution in [3.63, 3.8) is 0 Å². The summed E-state index contributed by atoms with van der Waals surface area (Å²) in [5.41, 5.74) is 6.81. The van der Waals surface area contributed by atoms with E-state index < -0.39 is 10.0 Å². The second kappa shape index (κ2) is 8.88. The molecule has 0 unspecified atom stereocenters. The molecule has 3 N–H and O–H groups in total. The Balaban J connectivity index is 2.16. The first-order valence-corrected chi connectivity index (χ1v) is 9.60. The van der Waals surface area contributed by atoms with E-state index in [0.717, 1.165) is 6.54 Å². The number of nitrogens with zero attached hydrogens (tertiary/aromatic N) is 1. The van der Waals surface area contributed by atoms with Gasteiger partial charge in [-0.1, -0.05) is 12.1 Å². The monoisotopic (exact) mass is 379 g/mol. The molecule has 2 aromatic rings. The van der Waals surface area contributed by atoms with Crippen LogP contribution in [0, 0.1) is 0 Å². The lowest BCUT2D eigenvalue weighted by molar-refractivity contribution is 0.248. The molecule has 0 bridgehead atoms. The van der Waals surface area contributed by atoms with Crippen molar-refractivity contribution < 1.29 is 17.9 Å². The zero-order chi connectivity index (χ0) is 19.2. The largest absolute Gasteiger partial charge is 0.493 e. The fourth-order valence-corrected chi connectivity index (χ4v) is 3.26. The molecule has 26 heavy (non-hydrogen) atoms. The van der Waals surface area contributed by atoms with E-state index in [1.54, 1.807) is 37.4 Å². The quantitative estimate of drug-likeness (QED) is 0.644. The maximum atomic E-state index is 12.5. The Morgan fingerprint density at radius 3 is 2.42 bits per heavy atom. The number of nitrogens with two attached hydrogens (primary N) is 1. The molecule has 142 valence electrons. The molecule has 0 spiro atoms. The van der Waals surface area contributed by atoms with Gasteiger partial charge in [-0.15, -0.1) is 0 Å². The summed E-state index contributed by atoms with van der Waals surface area (Å²) in [7, 11) is 1.80. The van der Waals surface area contributed by atoms with Crippen molar-refractivity contribution in [2.24, 2.45) is 0 Å². The molecule has 0 aliphatic heterocycles. The van der Waals surface area contributed by atoms with Gasteiger partial charge < -0.3 is 20.1 Å². The number of sulfonamides is 1. The van der Waals surface area contributed by atoms with Crippen LogP contribution in [0.1, 0.15) is 5.56 Å². The highest BCUT2D eigenvalue weighted by molar-refractivity contribution is 7.89. The van der Waals surface area contributed by atoms with Crippen molar-refractivity contribution >= 4 is 15.7 Å². The third-order valence-corrected chi connectivity index (χ3v) is 5.13. The third-order valence-electron chi connectivity index (χ3n) is 3.71. The number of hydrogen-bond acceptors (Lipinski definition) is 6. The Hall–Kier alpha value is -2.29. The van der Waals surface area contributed by atoms with Crippen LogP contribution < -0.4 is 19.9 Å². The summed E-state index contributed by atoms with van der Waals surface area (Å²) in [6.45, 7) is 1.28. The van der Waals surface area contributed by atoms with E-state index in [0.29, 0.717) is 29.4 Å². The van der Waals surface area contributed by atoms with Gasteiger partial charge in [-0.3, -0.25) is 0 Å². The second-order valence-corrected chi connectivity index (χ2v) is 7.76. The fourth-order valence-electron chi connectivity index (χ4n) is 2.26. The summed E-state index contributed by atoms with van der Waals surface area (Å²) in [4.78, 5) is 2.16. The molecule has 0 aromatic heterocycles. The summed E-state index contributed by atoms with van der Waals surface area (Å²) in [5, 5.41) is 0. The molecule has 0 aliphatic carbocycles. The highest BCUT2D eigenvalue weighted by atomic mass is 32.2. The summed E-state index contributed by atoms with van der Waals surface area (Å²) >= 11 is 0. The standard InChI is InChI=1S/C18H25N3O4S/c1-21(2)11-12-25-18-14(5-4-6-17(18)24-3)13-20-26(22,23)16-9-7-15(19)8-10-16/h4-10,20H,11-13,19H2,1-3H3. The molecule has 0 radical (unpaired) electrons. The number of nitrogens with one attached hydrogen (secondary N) is 1. The lowest BCUT2D eigenvalue weighted by atomic mass is 10.2. The Morgan fingerprint density at radius 2 is 1.81 bits per heavy atom. The van der Waals surface area contributed by atoms with Gasteiger partial charge in [0.1, 0.15) is 6.61 Å². The van der Waals surface area contributed by atoms with Crippen LogP contribution in [0.5, 0.6) is 11.5 Å². The Morgan fingerprint density at radius 1 is 1.12 bits per heavy atom. The van der Waals surface area contributed by atoms with Gasteiger partial charge in [0.15, 0.2) is 11.5 Å². The molecular formula is C18H25N3O4S. The van der Waals surface area contributed by atoms with Crippen LogP contribution in [0.15, 0.2) is 47.4 Å². The number of nitrogen functional groups attached to an aromatic ring is 1. The maximum Gasteiger partial charge on any atom is 0.240 e. The van der Waals surface area contributed by atoms with E-state index in [9.17, 15) is 8.42 Å². The number of likely N-dealkylation sites (N-methyl/N-ethyl adjacent to an activating group) is 1. The number of benzene rings is 2. The average Bonchev–Trinajstić information content (AvgIpc) is 2.60. The third kappa shape index (κ3) is 5.35. The van der Waals surface area contributed by atoms with Gasteiger partial charge in [-0.05, 0) is 44.4 Å². The lowest BCUT2D eigenvalue weighted by Gasteiger charge is -2.17. The first-order valence-electron chi connectivity index (χ1n) is 8.12. The van der Waals surface area contributed by atoms with Crippen LogP contribution in [0.2, 0.25) is 0 Å². The average molecular weight is 379 g/mol. The van der Waals surface area contributed by atoms with E-state index in [-0.39, 0.29) is 11.4 Å². The van der Waals surface area contributed by atoms with E-state index >= 15 is 0 Å². The van der Waals surface area contributed by atoms with Gasteiger partial charge in [0.05, 0.1) is 12.0 Å². The summed E-state index contributed by atoms with van der Waals surface area (Å²) in [6.07, 6.45) is 0. The fraction of sp³-hybridized carbons (Fsp3) is 0.333. The minimum absolute atomic E-state index is 0.0845. The first-order chi connectivity index (χ1) is 12.3. The maximum absolute atomic E-state index is 12.5. The lowest BCUT2D eigenvalue weighted by Crippen LogP contribution is -2.24. The van der Waals surface area contributed by atoms with Gasteiger partial charge >= 0.3 is 0 Å². The SMILES string of the molecule is COc1cccc(CNS(=O)(=O)c2ccc(N)cc2)c1OCCN(C)C. The zero-order valence-corrected chi connectivity index (χ0v) is 16.0. The van der Waals surface area contributed by atoms with Crippen LogP contribution in [0.3, 0.4) is 0 Å². The Labute approximate surface area is 154 Å². The minimum atomic E-state index is -3.66. The van der Waals surface area contributed by atoms with Crippen molar-refractivity contribution in [1.82, 2.24) is 9.62 Å². The Bertz CT molecular complexity index is 821. The van der Waals surface area contributed by atoms with E-state index in [2.05, 4.69) is 4.72 Å². The van der Waals surface area contributed by atoms with Gasteiger partial charge in [0.2, 0.25) is 10.0 Å². The minimum Gasteiger partial charge on any atom is -0.493 e. The van der Waals surface area contributed by atoms with Crippen molar-refractivity contribution in [3.8, 4) is 11.5 Å². The molecule has 0 saturated carbocycles. The van der Waals surface area contributed by atoms with Crippen LogP contribution in [0.4, 0.5) is 5.69 Å². The topological polar surface area (TPSA) is 93.9 Å². The van der Waals surface area contributed by atoms with Gasteiger partial charge in [-0.25, -0.2) is 13.1 Å². The molecule has 8 heteroatoms. The molecule has 0 amide bonds. The number of para-hydroxylation sites is 1. The van der Waals surface area contributed by atoms with Crippen LogP contribution in [-0.2, 0) is 16.6 Å². The first kappa shape index (κ1) is 20.0. The molecule has 0 saturated heterocycles. The van der Waals surface area contributed by atoms with Gasteiger partial charge in [0.25, 0.3) is 0 Å². The predicted molar refractivity (Wildman–Crippen MR) is 102 cm³/mol. The number of ether oxygens (including phenoxy) is 2. The zero-order valence-electron chi connectivity index (χ0n) is 15.2. The summed E-state index contributed by atoms with van der Waals surface area (Å²) in [5.74, 6) is 1.10. The normalized spacial score (nSPS) is 11.5. The molecule has 2 rings (SSSR count). The van der Waals surface area contributed by atoms with Gasteiger partial charge in [0, 0.05) is 24.3 Å². The van der Waals surface area contributed by atoms with Gasteiger partial charge in [-0.2, -0.15) is 0 Å².